The molecule has 2 N–H and O–H groups in total. The lowest BCUT2D eigenvalue weighted by atomic mass is 10.2. The van der Waals surface area contributed by atoms with Crippen molar-refractivity contribution >= 4 is 17.3 Å². The Morgan fingerprint density at radius 2 is 1.81 bits per heavy atom. The van der Waals surface area contributed by atoms with Crippen LogP contribution in [0.2, 0.25) is 0 Å². The summed E-state index contributed by atoms with van der Waals surface area (Å²) in [6.07, 6.45) is 3.83. The molecule has 0 aliphatic carbocycles. The first-order valence-electron chi connectivity index (χ1n) is 9.09. The van der Waals surface area contributed by atoms with Crippen LogP contribution < -0.4 is 15.4 Å². The van der Waals surface area contributed by atoms with Crippen molar-refractivity contribution in [1.82, 2.24) is 4.98 Å². The van der Waals surface area contributed by atoms with E-state index in [1.165, 1.54) is 0 Å². The second-order valence-electron chi connectivity index (χ2n) is 6.08. The van der Waals surface area contributed by atoms with E-state index in [9.17, 15) is 4.79 Å². The zero-order valence-corrected chi connectivity index (χ0v) is 15.3. The molecule has 0 aliphatic rings. The minimum atomic E-state index is -0.279. The fourth-order valence-electron chi connectivity index (χ4n) is 2.53. The normalized spacial score (nSPS) is 10.3. The summed E-state index contributed by atoms with van der Waals surface area (Å²) in [6.45, 7) is 3.01. The van der Waals surface area contributed by atoms with Gasteiger partial charge in [0.25, 0.3) is 5.91 Å². The summed E-state index contributed by atoms with van der Waals surface area (Å²) in [7, 11) is 0. The lowest BCUT2D eigenvalue weighted by Crippen LogP contribution is -2.14. The predicted molar refractivity (Wildman–Crippen MR) is 109 cm³/mol. The van der Waals surface area contributed by atoms with Crippen LogP contribution in [0.4, 0.5) is 11.4 Å². The van der Waals surface area contributed by atoms with Crippen LogP contribution in [0.3, 0.4) is 0 Å². The van der Waals surface area contributed by atoms with Crippen LogP contribution >= 0.6 is 0 Å². The lowest BCUT2D eigenvalue weighted by molar-refractivity contribution is 0.102. The standard InChI is InChI=1S/C22H23N3O2/c1-2-3-14-23-17-13-15-24-20(16-17)22(26)25-19-11-7-8-12-21(19)27-18-9-5-4-6-10-18/h4-13,15-16H,2-3,14H2,1H3,(H,23,24)(H,25,26). The van der Waals surface area contributed by atoms with Crippen molar-refractivity contribution in [2.24, 2.45) is 0 Å². The number of hydrogen-bond donors (Lipinski definition) is 2. The van der Waals surface area contributed by atoms with Gasteiger partial charge in [0.15, 0.2) is 5.75 Å². The number of hydrogen-bond acceptors (Lipinski definition) is 4. The van der Waals surface area contributed by atoms with Crippen molar-refractivity contribution in [1.29, 1.82) is 0 Å². The second kappa shape index (κ2) is 9.38. The van der Waals surface area contributed by atoms with Gasteiger partial charge < -0.3 is 15.4 Å². The van der Waals surface area contributed by atoms with E-state index in [1.54, 1.807) is 18.3 Å². The van der Waals surface area contributed by atoms with E-state index < -0.39 is 0 Å². The number of carbonyl (C=O) groups excluding carboxylic acids is 1. The summed E-state index contributed by atoms with van der Waals surface area (Å²) in [5, 5.41) is 6.19. The van der Waals surface area contributed by atoms with E-state index in [0.717, 1.165) is 25.1 Å². The summed E-state index contributed by atoms with van der Waals surface area (Å²) in [4.78, 5) is 16.8. The Hall–Kier alpha value is -3.34. The maximum Gasteiger partial charge on any atom is 0.274 e. The fourth-order valence-corrected chi connectivity index (χ4v) is 2.53. The fraction of sp³-hybridized carbons (Fsp3) is 0.182. The first-order chi connectivity index (χ1) is 13.3. The smallest absolute Gasteiger partial charge is 0.274 e. The van der Waals surface area contributed by atoms with Crippen molar-refractivity contribution in [3.8, 4) is 11.5 Å². The maximum absolute atomic E-state index is 12.6. The molecule has 1 heterocycles. The number of amides is 1. The molecular formula is C22H23N3O2. The summed E-state index contributed by atoms with van der Waals surface area (Å²) in [6, 6.07) is 20.4. The van der Waals surface area contributed by atoms with Crippen LogP contribution in [-0.2, 0) is 0 Å². The quantitative estimate of drug-likeness (QED) is 0.532. The number of aromatic nitrogens is 1. The average Bonchev–Trinajstić information content (AvgIpc) is 2.71. The first kappa shape index (κ1) is 18.5. The highest BCUT2D eigenvalue weighted by Gasteiger charge is 2.12. The van der Waals surface area contributed by atoms with Gasteiger partial charge in [-0.1, -0.05) is 43.7 Å². The highest BCUT2D eigenvalue weighted by molar-refractivity contribution is 6.04. The van der Waals surface area contributed by atoms with Crippen LogP contribution in [-0.4, -0.2) is 17.4 Å². The molecule has 138 valence electrons. The Morgan fingerprint density at radius 1 is 1.04 bits per heavy atom. The van der Waals surface area contributed by atoms with Crippen LogP contribution in [0.1, 0.15) is 30.3 Å². The summed E-state index contributed by atoms with van der Waals surface area (Å²) < 4.78 is 5.89. The van der Waals surface area contributed by atoms with E-state index >= 15 is 0 Å². The second-order valence-corrected chi connectivity index (χ2v) is 6.08. The Bertz CT molecular complexity index is 881. The van der Waals surface area contributed by atoms with Gasteiger partial charge in [-0.15, -0.1) is 0 Å². The Morgan fingerprint density at radius 3 is 2.63 bits per heavy atom. The monoisotopic (exact) mass is 361 g/mol. The number of anilines is 2. The molecule has 0 radical (unpaired) electrons. The Kier molecular flexibility index (Phi) is 6.41. The zero-order chi connectivity index (χ0) is 18.9. The first-order valence-corrected chi connectivity index (χ1v) is 9.09. The third-order valence-corrected chi connectivity index (χ3v) is 3.96. The average molecular weight is 361 g/mol. The largest absolute Gasteiger partial charge is 0.455 e. The Balaban J connectivity index is 1.72. The predicted octanol–water partition coefficient (Wildman–Crippen LogP) is 5.34. The number of benzene rings is 2. The maximum atomic E-state index is 12.6. The molecular weight excluding hydrogens is 338 g/mol. The zero-order valence-electron chi connectivity index (χ0n) is 15.3. The molecule has 0 spiro atoms. The van der Waals surface area contributed by atoms with E-state index in [2.05, 4.69) is 22.5 Å². The van der Waals surface area contributed by atoms with Crippen LogP contribution in [0, 0.1) is 0 Å². The third kappa shape index (κ3) is 5.31. The van der Waals surface area contributed by atoms with Crippen molar-refractivity contribution in [3.05, 3.63) is 78.6 Å². The summed E-state index contributed by atoms with van der Waals surface area (Å²) >= 11 is 0. The number of nitrogens with one attached hydrogen (secondary N) is 2. The minimum absolute atomic E-state index is 0.279. The molecule has 0 aliphatic heterocycles. The van der Waals surface area contributed by atoms with Crippen molar-refractivity contribution in [2.45, 2.75) is 19.8 Å². The highest BCUT2D eigenvalue weighted by atomic mass is 16.5. The van der Waals surface area contributed by atoms with E-state index in [-0.39, 0.29) is 5.91 Å². The molecule has 5 heteroatoms. The van der Waals surface area contributed by atoms with Crippen LogP contribution in [0.15, 0.2) is 72.9 Å². The number of unbranched alkanes of at least 4 members (excludes halogenated alkanes) is 1. The summed E-state index contributed by atoms with van der Waals surface area (Å²) in [5.41, 5.74) is 1.83. The van der Waals surface area contributed by atoms with Gasteiger partial charge in [-0.05, 0) is 42.8 Å². The number of rotatable bonds is 8. The molecule has 0 bridgehead atoms. The van der Waals surface area contributed by atoms with Crippen LogP contribution in [0.5, 0.6) is 11.5 Å². The van der Waals surface area contributed by atoms with Gasteiger partial charge in [0.2, 0.25) is 0 Å². The molecule has 0 saturated carbocycles. The number of carbonyl (C=O) groups is 1. The van der Waals surface area contributed by atoms with E-state index in [0.29, 0.717) is 22.9 Å². The third-order valence-electron chi connectivity index (χ3n) is 3.96. The number of pyridine rings is 1. The molecule has 3 aromatic rings. The summed E-state index contributed by atoms with van der Waals surface area (Å²) in [5.74, 6) is 1.01. The molecule has 27 heavy (non-hydrogen) atoms. The number of nitrogens with zero attached hydrogens (tertiary/aromatic N) is 1. The van der Waals surface area contributed by atoms with E-state index in [1.807, 2.05) is 54.6 Å². The highest BCUT2D eigenvalue weighted by Crippen LogP contribution is 2.29. The molecule has 5 nitrogen and oxygen atoms in total. The van der Waals surface area contributed by atoms with Crippen molar-refractivity contribution < 1.29 is 9.53 Å². The molecule has 0 unspecified atom stereocenters. The van der Waals surface area contributed by atoms with Crippen molar-refractivity contribution in [2.75, 3.05) is 17.2 Å². The van der Waals surface area contributed by atoms with Gasteiger partial charge in [0, 0.05) is 18.4 Å². The topological polar surface area (TPSA) is 63.2 Å². The lowest BCUT2D eigenvalue weighted by Gasteiger charge is -2.12. The Labute approximate surface area is 159 Å². The van der Waals surface area contributed by atoms with E-state index in [4.69, 9.17) is 4.74 Å². The molecule has 1 amide bonds. The van der Waals surface area contributed by atoms with Crippen molar-refractivity contribution in [3.63, 3.8) is 0 Å². The molecule has 0 saturated heterocycles. The SMILES string of the molecule is CCCCNc1ccnc(C(=O)Nc2ccccc2Oc2ccccc2)c1. The molecule has 3 rings (SSSR count). The van der Waals surface area contributed by atoms with Gasteiger partial charge in [0.05, 0.1) is 5.69 Å². The number of para-hydroxylation sites is 3. The number of ether oxygens (including phenoxy) is 1. The van der Waals surface area contributed by atoms with Gasteiger partial charge in [-0.3, -0.25) is 9.78 Å². The van der Waals surface area contributed by atoms with Gasteiger partial charge in [-0.25, -0.2) is 0 Å². The molecule has 2 aromatic carbocycles. The van der Waals surface area contributed by atoms with Gasteiger partial charge in [0.1, 0.15) is 11.4 Å². The molecule has 0 atom stereocenters. The minimum Gasteiger partial charge on any atom is -0.455 e. The molecule has 0 fully saturated rings. The van der Waals surface area contributed by atoms with Gasteiger partial charge >= 0.3 is 0 Å². The molecule has 1 aromatic heterocycles. The van der Waals surface area contributed by atoms with Gasteiger partial charge in [-0.2, -0.15) is 0 Å². The van der Waals surface area contributed by atoms with Crippen LogP contribution in [0.25, 0.3) is 0 Å².